The number of nitrogens with zero attached hydrogens (tertiary/aromatic N) is 1. The van der Waals surface area contributed by atoms with E-state index in [2.05, 4.69) is 4.98 Å². The van der Waals surface area contributed by atoms with Crippen molar-refractivity contribution >= 4 is 5.97 Å². The van der Waals surface area contributed by atoms with Crippen LogP contribution in [0.2, 0.25) is 0 Å². The lowest BCUT2D eigenvalue weighted by atomic mass is 10.3. The Morgan fingerprint density at radius 3 is 2.70 bits per heavy atom. The second kappa shape index (κ2) is 7.64. The minimum Gasteiger partial charge on any atom is -0.466 e. The van der Waals surface area contributed by atoms with E-state index in [0.717, 1.165) is 6.42 Å². The fourth-order valence-electron chi connectivity index (χ4n) is 1.65. The minimum atomic E-state index is -0.785. The van der Waals surface area contributed by atoms with Crippen LogP contribution in [0.4, 0.5) is 0 Å². The van der Waals surface area contributed by atoms with E-state index in [9.17, 15) is 14.4 Å². The molecule has 0 fully saturated rings. The van der Waals surface area contributed by atoms with Crippen LogP contribution in [0.5, 0.6) is 0 Å². The molecule has 0 radical (unpaired) electrons. The topological polar surface area (TPSA) is 90.4 Å². The van der Waals surface area contributed by atoms with Crippen molar-refractivity contribution in [1.29, 1.82) is 0 Å². The predicted molar refractivity (Wildman–Crippen MR) is 72.6 cm³/mol. The number of esters is 1. The molecule has 0 saturated carbocycles. The van der Waals surface area contributed by atoms with Crippen molar-refractivity contribution in [2.24, 2.45) is 0 Å². The molecule has 1 atom stereocenters. The van der Waals surface area contributed by atoms with Crippen LogP contribution in [-0.4, -0.2) is 28.7 Å². The third-order valence-electron chi connectivity index (χ3n) is 2.62. The third-order valence-corrected chi connectivity index (χ3v) is 2.62. The van der Waals surface area contributed by atoms with Crippen LogP contribution in [0.15, 0.2) is 15.8 Å². The zero-order chi connectivity index (χ0) is 15.1. The molecule has 1 rings (SSSR count). The highest BCUT2D eigenvalue weighted by molar-refractivity contribution is 5.69. The number of hydrogen-bond acceptors (Lipinski definition) is 5. The number of ether oxygens (including phenoxy) is 2. The molecule has 0 aliphatic carbocycles. The van der Waals surface area contributed by atoms with Crippen molar-refractivity contribution in [3.63, 3.8) is 0 Å². The maximum atomic E-state index is 11.8. The molecular weight excluding hydrogens is 264 g/mol. The number of carbonyl (C=O) groups is 1. The van der Waals surface area contributed by atoms with E-state index in [1.54, 1.807) is 13.8 Å². The summed E-state index contributed by atoms with van der Waals surface area (Å²) >= 11 is 0. The highest BCUT2D eigenvalue weighted by Crippen LogP contribution is 2.12. The summed E-state index contributed by atoms with van der Waals surface area (Å²) in [4.78, 5) is 36.9. The van der Waals surface area contributed by atoms with E-state index >= 15 is 0 Å². The summed E-state index contributed by atoms with van der Waals surface area (Å²) in [5.74, 6) is -0.443. The summed E-state index contributed by atoms with van der Waals surface area (Å²) in [5, 5.41) is 0. The summed E-state index contributed by atoms with van der Waals surface area (Å²) in [6.45, 7) is 5.89. The number of aryl methyl sites for hydroxylation is 1. The molecule has 7 nitrogen and oxygen atoms in total. The van der Waals surface area contributed by atoms with Gasteiger partial charge in [0.15, 0.2) is 0 Å². The Labute approximate surface area is 116 Å². The van der Waals surface area contributed by atoms with Crippen molar-refractivity contribution in [3.05, 3.63) is 32.6 Å². The lowest BCUT2D eigenvalue weighted by molar-refractivity contribution is -0.149. The van der Waals surface area contributed by atoms with Gasteiger partial charge in [0.1, 0.15) is 6.23 Å². The zero-order valence-electron chi connectivity index (χ0n) is 12.0. The molecule has 112 valence electrons. The fraction of sp³-hybridized carbons (Fsp3) is 0.615. The molecule has 0 aliphatic rings. The van der Waals surface area contributed by atoms with E-state index in [1.165, 1.54) is 10.8 Å². The second-order valence-electron chi connectivity index (χ2n) is 4.31. The van der Waals surface area contributed by atoms with Gasteiger partial charge in [-0.1, -0.05) is 6.92 Å². The normalized spacial score (nSPS) is 12.2. The van der Waals surface area contributed by atoms with Crippen molar-refractivity contribution in [2.45, 2.75) is 39.8 Å². The van der Waals surface area contributed by atoms with Gasteiger partial charge in [0.25, 0.3) is 5.56 Å². The Bertz CT molecular complexity index is 561. The molecule has 1 N–H and O–H groups in total. The van der Waals surface area contributed by atoms with E-state index in [1.807, 2.05) is 6.92 Å². The molecule has 20 heavy (non-hydrogen) atoms. The number of nitrogens with one attached hydrogen (secondary N) is 1. The average Bonchev–Trinajstić information content (AvgIpc) is 2.40. The van der Waals surface area contributed by atoms with Gasteiger partial charge in [0.05, 0.1) is 13.0 Å². The molecule has 1 aromatic heterocycles. The van der Waals surface area contributed by atoms with Crippen molar-refractivity contribution < 1.29 is 14.3 Å². The van der Waals surface area contributed by atoms with Crippen LogP contribution < -0.4 is 11.2 Å². The van der Waals surface area contributed by atoms with Crippen LogP contribution in [0, 0.1) is 6.92 Å². The van der Waals surface area contributed by atoms with E-state index in [4.69, 9.17) is 9.47 Å². The SMILES string of the molecule is CCCOC(=O)CC(OCC)n1cc(C)c(=O)[nH]c1=O. The van der Waals surface area contributed by atoms with E-state index in [-0.39, 0.29) is 6.42 Å². The van der Waals surface area contributed by atoms with Gasteiger partial charge in [0.2, 0.25) is 0 Å². The first-order valence-corrected chi connectivity index (χ1v) is 6.58. The Kier molecular flexibility index (Phi) is 6.17. The molecule has 7 heteroatoms. The Hall–Kier alpha value is -1.89. The highest BCUT2D eigenvalue weighted by atomic mass is 16.5. The summed E-state index contributed by atoms with van der Waals surface area (Å²) < 4.78 is 11.6. The molecule has 0 bridgehead atoms. The van der Waals surface area contributed by atoms with Gasteiger partial charge >= 0.3 is 11.7 Å². The number of carbonyl (C=O) groups excluding carboxylic acids is 1. The lowest BCUT2D eigenvalue weighted by Crippen LogP contribution is -2.35. The molecule has 0 aliphatic heterocycles. The first-order valence-electron chi connectivity index (χ1n) is 6.58. The van der Waals surface area contributed by atoms with Gasteiger partial charge < -0.3 is 9.47 Å². The Morgan fingerprint density at radius 2 is 2.10 bits per heavy atom. The monoisotopic (exact) mass is 284 g/mol. The van der Waals surface area contributed by atoms with Crippen LogP contribution in [0.25, 0.3) is 0 Å². The molecular formula is C13H20N2O5. The van der Waals surface area contributed by atoms with Gasteiger partial charge in [-0.2, -0.15) is 0 Å². The summed E-state index contributed by atoms with van der Waals surface area (Å²) in [6, 6.07) is 0. The average molecular weight is 284 g/mol. The molecule has 0 aromatic carbocycles. The van der Waals surface area contributed by atoms with Crippen LogP contribution in [0.3, 0.4) is 0 Å². The number of rotatable bonds is 7. The Balaban J connectivity index is 2.96. The van der Waals surface area contributed by atoms with Crippen molar-refractivity contribution in [3.8, 4) is 0 Å². The Morgan fingerprint density at radius 1 is 1.40 bits per heavy atom. The van der Waals surface area contributed by atoms with Crippen molar-refractivity contribution in [1.82, 2.24) is 9.55 Å². The summed E-state index contributed by atoms with van der Waals surface area (Å²) in [5.41, 5.74) is -0.686. The van der Waals surface area contributed by atoms with Gasteiger partial charge in [-0.15, -0.1) is 0 Å². The number of aromatic nitrogens is 2. The van der Waals surface area contributed by atoms with Crippen LogP contribution in [-0.2, 0) is 14.3 Å². The quantitative estimate of drug-likeness (QED) is 0.745. The smallest absolute Gasteiger partial charge is 0.330 e. The van der Waals surface area contributed by atoms with Gasteiger partial charge in [-0.3, -0.25) is 19.1 Å². The summed E-state index contributed by atoms with van der Waals surface area (Å²) in [6.07, 6.45) is 1.24. The summed E-state index contributed by atoms with van der Waals surface area (Å²) in [7, 11) is 0. The molecule has 1 unspecified atom stereocenters. The number of hydrogen-bond donors (Lipinski definition) is 1. The molecule has 1 aromatic rings. The minimum absolute atomic E-state index is 0.0841. The van der Waals surface area contributed by atoms with Gasteiger partial charge in [0, 0.05) is 18.4 Å². The molecule has 0 amide bonds. The maximum Gasteiger partial charge on any atom is 0.330 e. The van der Waals surface area contributed by atoms with E-state index in [0.29, 0.717) is 18.8 Å². The molecule has 1 heterocycles. The lowest BCUT2D eigenvalue weighted by Gasteiger charge is -2.18. The van der Waals surface area contributed by atoms with Gasteiger partial charge in [-0.05, 0) is 20.3 Å². The highest BCUT2D eigenvalue weighted by Gasteiger charge is 2.19. The first kappa shape index (κ1) is 16.2. The standard InChI is InChI=1S/C13H20N2O5/c1-4-6-20-11(16)7-10(19-5-2)15-8-9(3)12(17)14-13(15)18/h8,10H,4-7H2,1-3H3,(H,14,17,18). The second-order valence-corrected chi connectivity index (χ2v) is 4.31. The maximum absolute atomic E-state index is 11.8. The molecule has 0 spiro atoms. The van der Waals surface area contributed by atoms with E-state index < -0.39 is 23.4 Å². The van der Waals surface area contributed by atoms with Crippen molar-refractivity contribution in [2.75, 3.05) is 13.2 Å². The zero-order valence-corrected chi connectivity index (χ0v) is 12.0. The molecule has 0 saturated heterocycles. The van der Waals surface area contributed by atoms with Crippen LogP contribution >= 0.6 is 0 Å². The van der Waals surface area contributed by atoms with Crippen LogP contribution in [0.1, 0.15) is 38.5 Å². The first-order chi connectivity index (χ1) is 9.49. The fourth-order valence-corrected chi connectivity index (χ4v) is 1.65. The number of aromatic amines is 1. The largest absolute Gasteiger partial charge is 0.466 e. The predicted octanol–water partition coefficient (Wildman–Crippen LogP) is 0.723. The van der Waals surface area contributed by atoms with Gasteiger partial charge in [-0.25, -0.2) is 4.79 Å². The third kappa shape index (κ3) is 4.34. The number of H-pyrrole nitrogens is 1.